The van der Waals surface area contributed by atoms with Gasteiger partial charge in [-0.05, 0) is 19.4 Å². The lowest BCUT2D eigenvalue weighted by Crippen LogP contribution is -2.39. The Balaban J connectivity index is 2.93. The third-order valence-electron chi connectivity index (χ3n) is 2.66. The number of pyridine rings is 1. The standard InChI is InChI=1S/C13H21NO4/c1-5-6-18-11-7-10(8-14-9-11)13(2,15)12(16-3)17-4/h7-9,12,15H,5-6H2,1-4H3. The predicted octanol–water partition coefficient (Wildman–Crippen LogP) is 1.70. The van der Waals surface area contributed by atoms with Crippen LogP contribution in [0.3, 0.4) is 0 Å². The summed E-state index contributed by atoms with van der Waals surface area (Å²) in [5.41, 5.74) is -0.702. The number of hydrogen-bond donors (Lipinski definition) is 1. The van der Waals surface area contributed by atoms with E-state index in [2.05, 4.69) is 4.98 Å². The van der Waals surface area contributed by atoms with Gasteiger partial charge in [0.15, 0.2) is 6.29 Å². The van der Waals surface area contributed by atoms with E-state index in [0.29, 0.717) is 17.9 Å². The van der Waals surface area contributed by atoms with E-state index in [0.717, 1.165) is 6.42 Å². The fourth-order valence-electron chi connectivity index (χ4n) is 1.69. The van der Waals surface area contributed by atoms with Crippen molar-refractivity contribution in [2.24, 2.45) is 0 Å². The van der Waals surface area contributed by atoms with Gasteiger partial charge in [0.2, 0.25) is 0 Å². The van der Waals surface area contributed by atoms with Gasteiger partial charge in [0, 0.05) is 26.0 Å². The Morgan fingerprint density at radius 3 is 2.56 bits per heavy atom. The smallest absolute Gasteiger partial charge is 0.189 e. The van der Waals surface area contributed by atoms with Crippen molar-refractivity contribution in [2.45, 2.75) is 32.2 Å². The number of aromatic nitrogens is 1. The summed E-state index contributed by atoms with van der Waals surface area (Å²) in [7, 11) is 2.96. The van der Waals surface area contributed by atoms with Crippen molar-refractivity contribution in [1.82, 2.24) is 4.98 Å². The topological polar surface area (TPSA) is 60.8 Å². The van der Waals surface area contributed by atoms with Crippen molar-refractivity contribution in [3.8, 4) is 5.75 Å². The molecule has 1 unspecified atom stereocenters. The van der Waals surface area contributed by atoms with E-state index >= 15 is 0 Å². The van der Waals surface area contributed by atoms with E-state index in [1.807, 2.05) is 6.92 Å². The highest BCUT2D eigenvalue weighted by atomic mass is 16.7. The van der Waals surface area contributed by atoms with Crippen LogP contribution in [0.5, 0.6) is 5.75 Å². The second-order valence-corrected chi connectivity index (χ2v) is 4.21. The van der Waals surface area contributed by atoms with E-state index in [1.165, 1.54) is 14.2 Å². The summed E-state index contributed by atoms with van der Waals surface area (Å²) in [5.74, 6) is 0.626. The average Bonchev–Trinajstić information content (AvgIpc) is 2.38. The number of methoxy groups -OCH3 is 2. The molecule has 0 aliphatic heterocycles. The molecule has 0 fully saturated rings. The fourth-order valence-corrected chi connectivity index (χ4v) is 1.69. The molecule has 102 valence electrons. The molecular formula is C13H21NO4. The third kappa shape index (κ3) is 3.41. The molecule has 1 aromatic rings. The lowest BCUT2D eigenvalue weighted by molar-refractivity contribution is -0.213. The number of ether oxygens (including phenoxy) is 3. The molecule has 0 aliphatic carbocycles. The van der Waals surface area contributed by atoms with Crippen molar-refractivity contribution in [2.75, 3.05) is 20.8 Å². The summed E-state index contributed by atoms with van der Waals surface area (Å²) < 4.78 is 15.7. The number of aliphatic hydroxyl groups is 1. The Labute approximate surface area is 108 Å². The lowest BCUT2D eigenvalue weighted by atomic mass is 9.97. The van der Waals surface area contributed by atoms with Gasteiger partial charge in [-0.1, -0.05) is 6.92 Å². The van der Waals surface area contributed by atoms with E-state index in [1.54, 1.807) is 25.4 Å². The lowest BCUT2D eigenvalue weighted by Gasteiger charge is -2.30. The molecule has 0 spiro atoms. The van der Waals surface area contributed by atoms with Gasteiger partial charge in [-0.25, -0.2) is 0 Å². The van der Waals surface area contributed by atoms with Gasteiger partial charge in [-0.2, -0.15) is 0 Å². The van der Waals surface area contributed by atoms with Crippen molar-refractivity contribution in [3.63, 3.8) is 0 Å². The van der Waals surface area contributed by atoms with Crippen LogP contribution in [0.4, 0.5) is 0 Å². The predicted molar refractivity (Wildman–Crippen MR) is 67.4 cm³/mol. The zero-order valence-electron chi connectivity index (χ0n) is 11.3. The zero-order valence-corrected chi connectivity index (χ0v) is 11.3. The summed E-state index contributed by atoms with van der Waals surface area (Å²) in [6.07, 6.45) is 3.34. The summed E-state index contributed by atoms with van der Waals surface area (Å²) >= 11 is 0. The number of nitrogens with zero attached hydrogens (tertiary/aromatic N) is 1. The Morgan fingerprint density at radius 2 is 2.00 bits per heavy atom. The SMILES string of the molecule is CCCOc1cncc(C(C)(O)C(OC)OC)c1. The minimum Gasteiger partial charge on any atom is -0.492 e. The van der Waals surface area contributed by atoms with E-state index in [9.17, 15) is 5.11 Å². The number of hydrogen-bond acceptors (Lipinski definition) is 5. The molecule has 5 heteroatoms. The molecule has 1 aromatic heterocycles. The van der Waals surface area contributed by atoms with E-state index in [4.69, 9.17) is 14.2 Å². The first-order valence-corrected chi connectivity index (χ1v) is 5.92. The van der Waals surface area contributed by atoms with Crippen molar-refractivity contribution < 1.29 is 19.3 Å². The Morgan fingerprint density at radius 1 is 1.33 bits per heavy atom. The molecule has 1 heterocycles. The monoisotopic (exact) mass is 255 g/mol. The molecule has 5 nitrogen and oxygen atoms in total. The molecule has 1 rings (SSSR count). The molecule has 0 saturated heterocycles. The maximum Gasteiger partial charge on any atom is 0.189 e. The van der Waals surface area contributed by atoms with E-state index < -0.39 is 11.9 Å². The fraction of sp³-hybridized carbons (Fsp3) is 0.615. The quantitative estimate of drug-likeness (QED) is 0.751. The van der Waals surface area contributed by atoms with Crippen molar-refractivity contribution in [1.29, 1.82) is 0 Å². The first kappa shape index (κ1) is 14.9. The molecule has 0 saturated carbocycles. The highest BCUT2D eigenvalue weighted by molar-refractivity contribution is 5.28. The summed E-state index contributed by atoms with van der Waals surface area (Å²) in [6, 6.07) is 1.74. The van der Waals surface area contributed by atoms with Crippen LogP contribution in [0.25, 0.3) is 0 Å². The van der Waals surface area contributed by atoms with Crippen LogP contribution in [0.1, 0.15) is 25.8 Å². The Bertz CT molecular complexity index is 364. The van der Waals surface area contributed by atoms with Gasteiger partial charge >= 0.3 is 0 Å². The van der Waals surface area contributed by atoms with Crippen LogP contribution in [0.2, 0.25) is 0 Å². The van der Waals surface area contributed by atoms with Crippen LogP contribution in [-0.4, -0.2) is 37.2 Å². The Kier molecular flexibility index (Phi) is 5.53. The van der Waals surface area contributed by atoms with Crippen LogP contribution in [0, 0.1) is 0 Å². The molecule has 1 N–H and O–H groups in total. The summed E-state index contributed by atoms with van der Waals surface area (Å²) in [5, 5.41) is 10.4. The van der Waals surface area contributed by atoms with E-state index in [-0.39, 0.29) is 0 Å². The van der Waals surface area contributed by atoms with Crippen LogP contribution in [0.15, 0.2) is 18.5 Å². The van der Waals surface area contributed by atoms with Crippen molar-refractivity contribution in [3.05, 3.63) is 24.0 Å². The molecule has 0 aliphatic rings. The largest absolute Gasteiger partial charge is 0.492 e. The molecule has 18 heavy (non-hydrogen) atoms. The molecule has 0 bridgehead atoms. The van der Waals surface area contributed by atoms with Gasteiger partial charge in [-0.3, -0.25) is 4.98 Å². The average molecular weight is 255 g/mol. The maximum absolute atomic E-state index is 10.4. The molecule has 0 amide bonds. The van der Waals surface area contributed by atoms with Gasteiger partial charge in [0.25, 0.3) is 0 Å². The minimum atomic E-state index is -1.29. The third-order valence-corrected chi connectivity index (χ3v) is 2.66. The summed E-state index contributed by atoms with van der Waals surface area (Å²) in [4.78, 5) is 4.06. The highest BCUT2D eigenvalue weighted by Crippen LogP contribution is 2.28. The minimum absolute atomic E-state index is 0.588. The van der Waals surface area contributed by atoms with Crippen LogP contribution in [-0.2, 0) is 15.1 Å². The first-order valence-electron chi connectivity index (χ1n) is 5.92. The molecule has 0 radical (unpaired) electrons. The number of rotatable bonds is 7. The molecular weight excluding hydrogens is 234 g/mol. The Hall–Kier alpha value is -1.17. The summed E-state index contributed by atoms with van der Waals surface area (Å²) in [6.45, 7) is 4.26. The molecule has 0 aromatic carbocycles. The first-order chi connectivity index (χ1) is 8.56. The van der Waals surface area contributed by atoms with Crippen molar-refractivity contribution >= 4 is 0 Å². The second-order valence-electron chi connectivity index (χ2n) is 4.21. The molecule has 1 atom stereocenters. The van der Waals surface area contributed by atoms with Gasteiger partial charge in [0.1, 0.15) is 11.4 Å². The maximum atomic E-state index is 10.4. The van der Waals surface area contributed by atoms with Crippen LogP contribution >= 0.6 is 0 Å². The van der Waals surface area contributed by atoms with Gasteiger partial charge < -0.3 is 19.3 Å². The van der Waals surface area contributed by atoms with Gasteiger partial charge in [-0.15, -0.1) is 0 Å². The highest BCUT2D eigenvalue weighted by Gasteiger charge is 2.35. The second kappa shape index (κ2) is 6.68. The van der Waals surface area contributed by atoms with Gasteiger partial charge in [0.05, 0.1) is 12.8 Å². The normalized spacial score (nSPS) is 14.6. The van der Waals surface area contributed by atoms with Crippen LogP contribution < -0.4 is 4.74 Å². The zero-order chi connectivity index (χ0) is 13.6.